The van der Waals surface area contributed by atoms with Gasteiger partial charge in [-0.15, -0.1) is 0 Å². The van der Waals surface area contributed by atoms with Gasteiger partial charge in [0.15, 0.2) is 0 Å². The lowest BCUT2D eigenvalue weighted by atomic mass is 10.1. The van der Waals surface area contributed by atoms with E-state index in [0.29, 0.717) is 25.4 Å². The van der Waals surface area contributed by atoms with Crippen molar-refractivity contribution < 1.29 is 14.7 Å². The number of carbonyl (C=O) groups is 2. The molecule has 19 heavy (non-hydrogen) atoms. The van der Waals surface area contributed by atoms with Crippen LogP contribution in [0.5, 0.6) is 0 Å². The van der Waals surface area contributed by atoms with E-state index in [1.165, 1.54) is 0 Å². The first-order valence-electron chi connectivity index (χ1n) is 6.87. The van der Waals surface area contributed by atoms with Crippen molar-refractivity contribution in [3.63, 3.8) is 0 Å². The molecule has 1 aliphatic rings. The second-order valence-electron chi connectivity index (χ2n) is 5.52. The molecule has 0 aromatic carbocycles. The highest BCUT2D eigenvalue weighted by Crippen LogP contribution is 2.25. The molecule has 3 N–H and O–H groups in total. The minimum absolute atomic E-state index is 0.0103. The summed E-state index contributed by atoms with van der Waals surface area (Å²) in [5.41, 5.74) is 0. The Hall–Kier alpha value is -1.30. The zero-order chi connectivity index (χ0) is 14.4. The molecule has 1 fully saturated rings. The van der Waals surface area contributed by atoms with Crippen molar-refractivity contribution >= 4 is 12.0 Å². The zero-order valence-electron chi connectivity index (χ0n) is 12.0. The zero-order valence-corrected chi connectivity index (χ0v) is 12.0. The fraction of sp³-hybridized carbons (Fsp3) is 0.846. The van der Waals surface area contributed by atoms with Crippen LogP contribution in [0.4, 0.5) is 4.79 Å². The molecule has 0 saturated heterocycles. The summed E-state index contributed by atoms with van der Waals surface area (Å²) in [7, 11) is 2.01. The molecule has 0 aromatic heterocycles. The van der Waals surface area contributed by atoms with E-state index in [0.717, 1.165) is 13.0 Å². The molecule has 1 saturated carbocycles. The molecule has 0 aliphatic heterocycles. The number of likely N-dealkylation sites (N-methyl/N-ethyl adjacent to an activating group) is 1. The Morgan fingerprint density at radius 2 is 2.05 bits per heavy atom. The first kappa shape index (κ1) is 15.8. The SMILES string of the molecule is CC(C)N(C)CCNC(=O)NC1CCC(C(=O)O)C1. The number of nitrogens with zero attached hydrogens (tertiary/aromatic N) is 1. The summed E-state index contributed by atoms with van der Waals surface area (Å²) in [6.07, 6.45) is 1.93. The number of hydrogen-bond acceptors (Lipinski definition) is 3. The van der Waals surface area contributed by atoms with Gasteiger partial charge >= 0.3 is 12.0 Å². The van der Waals surface area contributed by atoms with Gasteiger partial charge in [0.25, 0.3) is 0 Å². The Balaban J connectivity index is 2.17. The highest BCUT2D eigenvalue weighted by atomic mass is 16.4. The van der Waals surface area contributed by atoms with E-state index >= 15 is 0 Å². The number of urea groups is 1. The average Bonchev–Trinajstić information content (AvgIpc) is 2.77. The molecule has 0 radical (unpaired) electrons. The van der Waals surface area contributed by atoms with Gasteiger partial charge in [0.05, 0.1) is 5.92 Å². The van der Waals surface area contributed by atoms with Crippen LogP contribution in [0, 0.1) is 5.92 Å². The number of amides is 2. The lowest BCUT2D eigenvalue weighted by molar-refractivity contribution is -0.141. The van der Waals surface area contributed by atoms with Gasteiger partial charge in [0.2, 0.25) is 0 Å². The predicted octanol–water partition coefficient (Wildman–Crippen LogP) is 0.879. The average molecular weight is 271 g/mol. The summed E-state index contributed by atoms with van der Waals surface area (Å²) >= 11 is 0. The van der Waals surface area contributed by atoms with E-state index in [1.807, 2.05) is 7.05 Å². The van der Waals surface area contributed by atoms with Crippen LogP contribution in [0.25, 0.3) is 0 Å². The minimum atomic E-state index is -0.761. The highest BCUT2D eigenvalue weighted by Gasteiger charge is 2.30. The first-order chi connectivity index (χ1) is 8.90. The molecule has 2 atom stereocenters. The fourth-order valence-corrected chi connectivity index (χ4v) is 2.18. The van der Waals surface area contributed by atoms with Crippen LogP contribution in [0.2, 0.25) is 0 Å². The van der Waals surface area contributed by atoms with Gasteiger partial charge in [0.1, 0.15) is 0 Å². The third-order valence-corrected chi connectivity index (χ3v) is 3.75. The third-order valence-electron chi connectivity index (χ3n) is 3.75. The van der Waals surface area contributed by atoms with Crippen molar-refractivity contribution in [2.24, 2.45) is 5.92 Å². The smallest absolute Gasteiger partial charge is 0.315 e. The first-order valence-corrected chi connectivity index (χ1v) is 6.87. The number of rotatable bonds is 6. The van der Waals surface area contributed by atoms with Crippen molar-refractivity contribution in [1.29, 1.82) is 0 Å². The molecular weight excluding hydrogens is 246 g/mol. The molecule has 2 amide bonds. The number of carboxylic acids is 1. The van der Waals surface area contributed by atoms with Gasteiger partial charge in [-0.1, -0.05) is 0 Å². The molecular formula is C13H25N3O3. The van der Waals surface area contributed by atoms with Crippen LogP contribution < -0.4 is 10.6 Å². The van der Waals surface area contributed by atoms with Gasteiger partial charge < -0.3 is 20.6 Å². The molecule has 0 spiro atoms. The van der Waals surface area contributed by atoms with Gasteiger partial charge in [-0.05, 0) is 40.2 Å². The van der Waals surface area contributed by atoms with E-state index in [-0.39, 0.29) is 18.0 Å². The van der Waals surface area contributed by atoms with E-state index in [9.17, 15) is 9.59 Å². The maximum absolute atomic E-state index is 11.6. The number of carboxylic acid groups (broad SMARTS) is 1. The second kappa shape index (κ2) is 7.33. The Morgan fingerprint density at radius 3 is 2.58 bits per heavy atom. The molecule has 0 aromatic rings. The third kappa shape index (κ3) is 5.46. The highest BCUT2D eigenvalue weighted by molar-refractivity contribution is 5.75. The van der Waals surface area contributed by atoms with Crippen LogP contribution in [0.15, 0.2) is 0 Å². The van der Waals surface area contributed by atoms with Gasteiger partial charge in [0, 0.05) is 25.2 Å². The van der Waals surface area contributed by atoms with E-state index in [1.54, 1.807) is 0 Å². The van der Waals surface area contributed by atoms with E-state index in [2.05, 4.69) is 29.4 Å². The largest absolute Gasteiger partial charge is 0.481 e. The van der Waals surface area contributed by atoms with Crippen LogP contribution in [0.1, 0.15) is 33.1 Å². The van der Waals surface area contributed by atoms with Crippen molar-refractivity contribution in [1.82, 2.24) is 15.5 Å². The Morgan fingerprint density at radius 1 is 1.37 bits per heavy atom. The predicted molar refractivity (Wildman–Crippen MR) is 73.1 cm³/mol. The number of nitrogens with one attached hydrogen (secondary N) is 2. The second-order valence-corrected chi connectivity index (χ2v) is 5.52. The monoisotopic (exact) mass is 271 g/mol. The molecule has 6 nitrogen and oxygen atoms in total. The Labute approximate surface area is 114 Å². The Bertz CT molecular complexity index is 320. The lowest BCUT2D eigenvalue weighted by Crippen LogP contribution is -2.44. The minimum Gasteiger partial charge on any atom is -0.481 e. The number of hydrogen-bond donors (Lipinski definition) is 3. The summed E-state index contributed by atoms with van der Waals surface area (Å²) in [5.74, 6) is -1.07. The maximum atomic E-state index is 11.6. The molecule has 110 valence electrons. The maximum Gasteiger partial charge on any atom is 0.315 e. The van der Waals surface area contributed by atoms with Crippen molar-refractivity contribution in [3.8, 4) is 0 Å². The quantitative estimate of drug-likeness (QED) is 0.670. The van der Waals surface area contributed by atoms with E-state index < -0.39 is 5.97 Å². The summed E-state index contributed by atoms with van der Waals surface area (Å²) in [6.45, 7) is 5.60. The summed E-state index contributed by atoms with van der Waals surface area (Å²) in [6, 6.07) is 0.244. The molecule has 6 heteroatoms. The summed E-state index contributed by atoms with van der Waals surface area (Å²) < 4.78 is 0. The fourth-order valence-electron chi connectivity index (χ4n) is 2.18. The van der Waals surface area contributed by atoms with Gasteiger partial charge in [-0.25, -0.2) is 4.79 Å². The molecule has 2 unspecified atom stereocenters. The normalized spacial score (nSPS) is 22.8. The van der Waals surface area contributed by atoms with E-state index in [4.69, 9.17) is 5.11 Å². The van der Waals surface area contributed by atoms with Crippen molar-refractivity contribution in [2.75, 3.05) is 20.1 Å². The molecule has 1 rings (SSSR count). The van der Waals surface area contributed by atoms with Crippen LogP contribution in [0.3, 0.4) is 0 Å². The molecule has 0 bridgehead atoms. The summed E-state index contributed by atoms with van der Waals surface area (Å²) in [5, 5.41) is 14.5. The number of aliphatic carboxylic acids is 1. The van der Waals surface area contributed by atoms with Crippen LogP contribution in [-0.2, 0) is 4.79 Å². The number of carbonyl (C=O) groups excluding carboxylic acids is 1. The van der Waals surface area contributed by atoms with Crippen molar-refractivity contribution in [2.45, 2.75) is 45.2 Å². The topological polar surface area (TPSA) is 81.7 Å². The molecule has 1 aliphatic carbocycles. The molecule has 0 heterocycles. The van der Waals surface area contributed by atoms with Crippen molar-refractivity contribution in [3.05, 3.63) is 0 Å². The summed E-state index contributed by atoms with van der Waals surface area (Å²) in [4.78, 5) is 24.6. The lowest BCUT2D eigenvalue weighted by Gasteiger charge is -2.21. The van der Waals surface area contributed by atoms with Crippen LogP contribution in [-0.4, -0.2) is 54.2 Å². The van der Waals surface area contributed by atoms with Gasteiger partial charge in [-0.2, -0.15) is 0 Å². The Kier molecular flexibility index (Phi) is 6.08. The standard InChI is InChI=1S/C13H25N3O3/c1-9(2)16(3)7-6-14-13(19)15-11-5-4-10(8-11)12(17)18/h9-11H,4-8H2,1-3H3,(H,17,18)(H2,14,15,19). The van der Waals surface area contributed by atoms with Crippen LogP contribution >= 0.6 is 0 Å². The van der Waals surface area contributed by atoms with Gasteiger partial charge in [-0.3, -0.25) is 4.79 Å².